The predicted octanol–water partition coefficient (Wildman–Crippen LogP) is 5.05. The Morgan fingerprint density at radius 2 is 1.80 bits per heavy atom. The van der Waals surface area contributed by atoms with E-state index >= 15 is 0 Å². The van der Waals surface area contributed by atoms with Gasteiger partial charge in [0.25, 0.3) is 0 Å². The van der Waals surface area contributed by atoms with Crippen molar-refractivity contribution in [2.24, 2.45) is 10.9 Å². The summed E-state index contributed by atoms with van der Waals surface area (Å²) in [4.78, 5) is 3.78. The third-order valence-corrected chi connectivity index (χ3v) is 5.15. The van der Waals surface area contributed by atoms with E-state index in [1.165, 1.54) is 0 Å². The zero-order valence-electron chi connectivity index (χ0n) is 15.7. The fraction of sp³-hybridized carbons (Fsp3) is 0.182. The van der Waals surface area contributed by atoms with E-state index in [-0.39, 0.29) is 11.3 Å². The summed E-state index contributed by atoms with van der Waals surface area (Å²) in [6, 6.07) is 17.0. The Morgan fingerprint density at radius 3 is 2.43 bits per heavy atom. The molecular formula is C22H14F3N5. The molecule has 1 N–H and O–H groups in total. The van der Waals surface area contributed by atoms with Crippen LogP contribution in [0.15, 0.2) is 59.1 Å². The Labute approximate surface area is 169 Å². The van der Waals surface area contributed by atoms with E-state index in [0.717, 1.165) is 11.1 Å². The van der Waals surface area contributed by atoms with E-state index in [0.29, 0.717) is 16.6 Å². The number of H-pyrrole nitrogens is 1. The minimum absolute atomic E-state index is 0.0289. The van der Waals surface area contributed by atoms with Gasteiger partial charge < -0.3 is 0 Å². The van der Waals surface area contributed by atoms with Crippen LogP contribution in [0.1, 0.15) is 22.7 Å². The number of benzene rings is 2. The zero-order chi connectivity index (χ0) is 21.5. The lowest BCUT2D eigenvalue weighted by Gasteiger charge is -2.30. The number of nitrogens with zero attached hydrogens (tertiary/aromatic N) is 4. The van der Waals surface area contributed by atoms with Gasteiger partial charge in [0, 0.05) is 22.6 Å². The van der Waals surface area contributed by atoms with Crippen molar-refractivity contribution in [2.75, 3.05) is 0 Å². The minimum atomic E-state index is -4.81. The molecule has 0 aliphatic carbocycles. The Hall–Kier alpha value is -3.91. The van der Waals surface area contributed by atoms with E-state index < -0.39 is 23.7 Å². The first-order valence-electron chi connectivity index (χ1n) is 9.05. The molecule has 0 saturated carbocycles. The molecule has 148 valence electrons. The van der Waals surface area contributed by atoms with Crippen molar-refractivity contribution < 1.29 is 13.2 Å². The highest BCUT2D eigenvalue weighted by molar-refractivity contribution is 6.02. The average Bonchev–Trinajstić information content (AvgIpc) is 3.12. The molecule has 1 aliphatic heterocycles. The van der Waals surface area contributed by atoms with Gasteiger partial charge in [-0.2, -0.15) is 28.8 Å². The molecule has 0 bridgehead atoms. The summed E-state index contributed by atoms with van der Waals surface area (Å²) in [5, 5.41) is 27.3. The fourth-order valence-electron chi connectivity index (χ4n) is 3.74. The lowest BCUT2D eigenvalue weighted by atomic mass is 9.75. The molecule has 2 heterocycles. The van der Waals surface area contributed by atoms with Crippen LogP contribution in [0.5, 0.6) is 0 Å². The number of hydrogen-bond acceptors (Lipinski definition) is 4. The topological polar surface area (TPSA) is 88.6 Å². The second kappa shape index (κ2) is 7.16. The molecule has 0 fully saturated rings. The van der Waals surface area contributed by atoms with Gasteiger partial charge in [-0.1, -0.05) is 36.4 Å². The van der Waals surface area contributed by atoms with Gasteiger partial charge in [-0.3, -0.25) is 5.10 Å². The van der Waals surface area contributed by atoms with Crippen molar-refractivity contribution in [3.63, 3.8) is 0 Å². The SMILES string of the molecule is Cc1[nH]nc2ccc(C3C(C#N)=C(c4ccccc4)N=C(C(F)(F)F)C3C#N)cc12. The van der Waals surface area contributed by atoms with Crippen molar-refractivity contribution in [1.82, 2.24) is 10.2 Å². The first-order valence-corrected chi connectivity index (χ1v) is 9.05. The summed E-state index contributed by atoms with van der Waals surface area (Å²) >= 11 is 0. The number of aryl methyl sites for hydroxylation is 1. The molecule has 1 aliphatic rings. The minimum Gasteiger partial charge on any atom is -0.282 e. The molecule has 4 rings (SSSR count). The number of hydrogen-bond donors (Lipinski definition) is 1. The lowest BCUT2D eigenvalue weighted by Crippen LogP contribution is -2.36. The molecule has 5 nitrogen and oxygen atoms in total. The fourth-order valence-corrected chi connectivity index (χ4v) is 3.74. The van der Waals surface area contributed by atoms with Crippen molar-refractivity contribution in [1.29, 1.82) is 10.5 Å². The number of alkyl halides is 3. The maximum Gasteiger partial charge on any atom is 0.430 e. The largest absolute Gasteiger partial charge is 0.430 e. The van der Waals surface area contributed by atoms with Crippen LogP contribution >= 0.6 is 0 Å². The van der Waals surface area contributed by atoms with Crippen LogP contribution in [0.25, 0.3) is 16.6 Å². The standard InChI is InChI=1S/C22H14F3N5/c1-12-15-9-14(7-8-18(15)30-29-12)19-16(10-26)20(13-5-3-2-4-6-13)28-21(17(19)11-27)22(23,24)25/h2-9,17,19H,1H3,(H,29,30). The molecule has 2 aromatic carbocycles. The molecule has 1 aromatic heterocycles. The van der Waals surface area contributed by atoms with E-state index in [1.807, 2.05) is 6.07 Å². The third kappa shape index (κ3) is 3.13. The molecule has 2 unspecified atom stereocenters. The van der Waals surface area contributed by atoms with Crippen LogP contribution in [0.3, 0.4) is 0 Å². The summed E-state index contributed by atoms with van der Waals surface area (Å²) in [6.45, 7) is 1.79. The zero-order valence-corrected chi connectivity index (χ0v) is 15.7. The van der Waals surface area contributed by atoms with Gasteiger partial charge in [0.15, 0.2) is 0 Å². The second-order valence-corrected chi connectivity index (χ2v) is 6.94. The highest BCUT2D eigenvalue weighted by Gasteiger charge is 2.48. The second-order valence-electron chi connectivity index (χ2n) is 6.94. The van der Waals surface area contributed by atoms with Gasteiger partial charge in [-0.15, -0.1) is 0 Å². The number of nitriles is 2. The highest BCUT2D eigenvalue weighted by atomic mass is 19.4. The molecule has 0 spiro atoms. The summed E-state index contributed by atoms with van der Waals surface area (Å²) in [5.74, 6) is -2.75. The third-order valence-electron chi connectivity index (χ3n) is 5.15. The van der Waals surface area contributed by atoms with Crippen LogP contribution in [0, 0.1) is 35.5 Å². The monoisotopic (exact) mass is 405 g/mol. The first-order chi connectivity index (χ1) is 14.3. The quantitative estimate of drug-likeness (QED) is 0.647. The number of fused-ring (bicyclic) bond motifs is 1. The molecule has 3 aromatic rings. The normalized spacial score (nSPS) is 19.3. The summed E-state index contributed by atoms with van der Waals surface area (Å²) in [5.41, 5.74) is 0.977. The Morgan fingerprint density at radius 1 is 1.07 bits per heavy atom. The van der Waals surface area contributed by atoms with Crippen molar-refractivity contribution in [3.8, 4) is 12.1 Å². The van der Waals surface area contributed by atoms with Gasteiger partial charge in [0.1, 0.15) is 11.6 Å². The molecular weight excluding hydrogens is 391 g/mol. The number of rotatable bonds is 2. The molecule has 0 amide bonds. The number of nitrogens with one attached hydrogen (secondary N) is 1. The first kappa shape index (κ1) is 19.4. The maximum absolute atomic E-state index is 13.9. The number of halogens is 3. The van der Waals surface area contributed by atoms with Gasteiger partial charge in [0.2, 0.25) is 0 Å². The van der Waals surface area contributed by atoms with Crippen LogP contribution in [0.2, 0.25) is 0 Å². The highest BCUT2D eigenvalue weighted by Crippen LogP contribution is 2.45. The molecule has 8 heteroatoms. The molecule has 30 heavy (non-hydrogen) atoms. The van der Waals surface area contributed by atoms with Crippen molar-refractivity contribution >= 4 is 22.3 Å². The molecule has 0 radical (unpaired) electrons. The maximum atomic E-state index is 13.9. The average molecular weight is 405 g/mol. The smallest absolute Gasteiger partial charge is 0.282 e. The summed E-state index contributed by atoms with van der Waals surface area (Å²) < 4.78 is 41.6. The van der Waals surface area contributed by atoms with Crippen LogP contribution in [-0.2, 0) is 0 Å². The van der Waals surface area contributed by atoms with E-state index in [4.69, 9.17) is 0 Å². The Kier molecular flexibility index (Phi) is 4.63. The predicted molar refractivity (Wildman–Crippen MR) is 105 cm³/mol. The van der Waals surface area contributed by atoms with Gasteiger partial charge in [0.05, 0.1) is 28.9 Å². The lowest BCUT2D eigenvalue weighted by molar-refractivity contribution is -0.0622. The molecule has 0 saturated heterocycles. The number of allylic oxidation sites excluding steroid dienone is 1. The number of aromatic nitrogens is 2. The van der Waals surface area contributed by atoms with Gasteiger partial charge in [-0.25, -0.2) is 4.99 Å². The summed E-state index contributed by atoms with van der Waals surface area (Å²) in [7, 11) is 0. The van der Waals surface area contributed by atoms with E-state index in [9.17, 15) is 23.7 Å². The van der Waals surface area contributed by atoms with Crippen LogP contribution in [0.4, 0.5) is 13.2 Å². The van der Waals surface area contributed by atoms with Crippen molar-refractivity contribution in [2.45, 2.75) is 19.0 Å². The van der Waals surface area contributed by atoms with Crippen LogP contribution in [-0.4, -0.2) is 22.1 Å². The van der Waals surface area contributed by atoms with E-state index in [1.54, 1.807) is 61.5 Å². The summed E-state index contributed by atoms with van der Waals surface area (Å²) in [6.07, 6.45) is -4.81. The van der Waals surface area contributed by atoms with Gasteiger partial charge in [-0.05, 0) is 24.6 Å². The number of aliphatic imine (C=N–C) groups is 1. The molecule has 2 atom stereocenters. The van der Waals surface area contributed by atoms with Crippen LogP contribution < -0.4 is 0 Å². The number of aromatic amines is 1. The van der Waals surface area contributed by atoms with E-state index in [2.05, 4.69) is 15.2 Å². The Balaban J connectivity index is 2.02. The van der Waals surface area contributed by atoms with Gasteiger partial charge >= 0.3 is 6.18 Å². The Bertz CT molecular complexity index is 1270. The van der Waals surface area contributed by atoms with Crippen molar-refractivity contribution in [3.05, 3.63) is 70.9 Å².